The number of hydrogen-bond donors (Lipinski definition) is 1. The summed E-state index contributed by atoms with van der Waals surface area (Å²) in [5.41, 5.74) is 1.83. The molecule has 1 aliphatic heterocycles. The first-order chi connectivity index (χ1) is 11.8. The Labute approximate surface area is 141 Å². The maximum absolute atomic E-state index is 10.3. The highest BCUT2D eigenvalue weighted by Crippen LogP contribution is 2.37. The van der Waals surface area contributed by atoms with Crippen LogP contribution in [0.15, 0.2) is 60.7 Å². The zero-order chi connectivity index (χ0) is 16.4. The largest absolute Gasteiger partial charge is 0.507 e. The molecule has 1 aliphatic rings. The third-order valence-electron chi connectivity index (χ3n) is 4.46. The molecule has 0 aliphatic carbocycles. The lowest BCUT2D eigenvalue weighted by molar-refractivity contribution is -0.105. The van der Waals surface area contributed by atoms with Gasteiger partial charge in [-0.3, -0.25) is 0 Å². The highest BCUT2D eigenvalue weighted by Gasteiger charge is 2.15. The van der Waals surface area contributed by atoms with Crippen LogP contribution in [-0.2, 0) is 4.74 Å². The summed E-state index contributed by atoms with van der Waals surface area (Å²) in [5.74, 6) is 1.09. The van der Waals surface area contributed by atoms with E-state index in [1.807, 2.05) is 48.5 Å². The molecule has 1 N–H and O–H groups in total. The molecule has 1 heterocycles. The predicted octanol–water partition coefficient (Wildman–Crippen LogP) is 5.12. The van der Waals surface area contributed by atoms with Crippen LogP contribution in [0.1, 0.15) is 19.3 Å². The lowest BCUT2D eigenvalue weighted by Gasteiger charge is -2.23. The SMILES string of the molecule is Oc1ccc2ccccc2c1-c1ccc(OC2CCCCO2)cc1. The molecule has 3 aromatic carbocycles. The van der Waals surface area contributed by atoms with Gasteiger partial charge in [0, 0.05) is 12.0 Å². The number of ether oxygens (including phenoxy) is 2. The Bertz CT molecular complexity index is 833. The Balaban J connectivity index is 1.64. The first kappa shape index (κ1) is 15.0. The first-order valence-corrected chi connectivity index (χ1v) is 8.41. The molecule has 0 saturated carbocycles. The zero-order valence-electron chi connectivity index (χ0n) is 13.4. The van der Waals surface area contributed by atoms with Gasteiger partial charge in [-0.1, -0.05) is 42.5 Å². The lowest BCUT2D eigenvalue weighted by Crippen LogP contribution is -2.24. The maximum Gasteiger partial charge on any atom is 0.199 e. The number of phenols is 1. The molecule has 1 saturated heterocycles. The number of rotatable bonds is 3. The molecule has 24 heavy (non-hydrogen) atoms. The fourth-order valence-corrected chi connectivity index (χ4v) is 3.22. The van der Waals surface area contributed by atoms with Gasteiger partial charge < -0.3 is 14.6 Å². The molecule has 122 valence electrons. The molecule has 1 unspecified atom stereocenters. The van der Waals surface area contributed by atoms with Gasteiger partial charge in [0.15, 0.2) is 6.29 Å². The van der Waals surface area contributed by atoms with Crippen molar-refractivity contribution in [2.75, 3.05) is 6.61 Å². The number of fused-ring (bicyclic) bond motifs is 1. The Morgan fingerprint density at radius 2 is 1.75 bits per heavy atom. The monoisotopic (exact) mass is 320 g/mol. The number of aromatic hydroxyl groups is 1. The summed E-state index contributed by atoms with van der Waals surface area (Å²) in [6.07, 6.45) is 3.05. The van der Waals surface area contributed by atoms with Crippen LogP contribution in [0.25, 0.3) is 21.9 Å². The lowest BCUT2D eigenvalue weighted by atomic mass is 9.97. The second-order valence-electron chi connectivity index (χ2n) is 6.12. The Hall–Kier alpha value is -2.52. The van der Waals surface area contributed by atoms with E-state index in [-0.39, 0.29) is 12.0 Å². The topological polar surface area (TPSA) is 38.7 Å². The average molecular weight is 320 g/mol. The van der Waals surface area contributed by atoms with Gasteiger partial charge in [-0.15, -0.1) is 0 Å². The van der Waals surface area contributed by atoms with Crippen molar-refractivity contribution >= 4 is 10.8 Å². The van der Waals surface area contributed by atoms with Gasteiger partial charge in [-0.2, -0.15) is 0 Å². The van der Waals surface area contributed by atoms with Crippen LogP contribution < -0.4 is 4.74 Å². The van der Waals surface area contributed by atoms with Crippen molar-refractivity contribution in [3.63, 3.8) is 0 Å². The van der Waals surface area contributed by atoms with Gasteiger partial charge in [0.1, 0.15) is 11.5 Å². The molecule has 0 aromatic heterocycles. The minimum Gasteiger partial charge on any atom is -0.507 e. The van der Waals surface area contributed by atoms with E-state index >= 15 is 0 Å². The second-order valence-corrected chi connectivity index (χ2v) is 6.12. The summed E-state index contributed by atoms with van der Waals surface area (Å²) in [5, 5.41) is 12.5. The van der Waals surface area contributed by atoms with Gasteiger partial charge in [0.2, 0.25) is 0 Å². The van der Waals surface area contributed by atoms with E-state index < -0.39 is 0 Å². The molecular weight excluding hydrogens is 300 g/mol. The number of benzene rings is 3. The van der Waals surface area contributed by atoms with Crippen molar-refractivity contribution < 1.29 is 14.6 Å². The van der Waals surface area contributed by atoms with Gasteiger partial charge in [0.25, 0.3) is 0 Å². The molecule has 4 rings (SSSR count). The third kappa shape index (κ3) is 2.95. The molecule has 0 bridgehead atoms. The van der Waals surface area contributed by atoms with Crippen molar-refractivity contribution in [1.82, 2.24) is 0 Å². The van der Waals surface area contributed by atoms with E-state index in [9.17, 15) is 5.11 Å². The van der Waals surface area contributed by atoms with Crippen molar-refractivity contribution in [2.45, 2.75) is 25.6 Å². The smallest absolute Gasteiger partial charge is 0.199 e. The standard InChI is InChI=1S/C21H20O3/c22-19-13-10-15-5-1-2-6-18(15)21(19)16-8-11-17(12-9-16)24-20-7-3-4-14-23-20/h1-2,5-6,8-13,20,22H,3-4,7,14H2. The van der Waals surface area contributed by atoms with Gasteiger partial charge in [-0.25, -0.2) is 0 Å². The summed E-state index contributed by atoms with van der Waals surface area (Å²) in [6.45, 7) is 0.770. The van der Waals surface area contributed by atoms with E-state index in [1.165, 1.54) is 0 Å². The highest BCUT2D eigenvalue weighted by molar-refractivity contribution is 5.99. The first-order valence-electron chi connectivity index (χ1n) is 8.41. The summed E-state index contributed by atoms with van der Waals surface area (Å²) < 4.78 is 11.5. The van der Waals surface area contributed by atoms with Gasteiger partial charge in [0.05, 0.1) is 6.61 Å². The fraction of sp³-hybridized carbons (Fsp3) is 0.238. The zero-order valence-corrected chi connectivity index (χ0v) is 13.4. The van der Waals surface area contributed by atoms with Crippen molar-refractivity contribution in [3.8, 4) is 22.6 Å². The molecule has 3 heteroatoms. The highest BCUT2D eigenvalue weighted by atomic mass is 16.7. The Morgan fingerprint density at radius 1 is 0.917 bits per heavy atom. The Kier molecular flexibility index (Phi) is 4.09. The number of phenolic OH excluding ortho intramolecular Hbond substituents is 1. The van der Waals surface area contributed by atoms with E-state index in [0.29, 0.717) is 0 Å². The molecule has 3 nitrogen and oxygen atoms in total. The van der Waals surface area contributed by atoms with Crippen LogP contribution in [-0.4, -0.2) is 18.0 Å². The minimum atomic E-state index is -0.143. The van der Waals surface area contributed by atoms with Crippen LogP contribution in [0.3, 0.4) is 0 Å². The van der Waals surface area contributed by atoms with Crippen LogP contribution in [0.4, 0.5) is 0 Å². The molecule has 3 aromatic rings. The fourth-order valence-electron chi connectivity index (χ4n) is 3.22. The van der Waals surface area contributed by atoms with E-state index in [4.69, 9.17) is 9.47 Å². The summed E-state index contributed by atoms with van der Waals surface area (Å²) in [6, 6.07) is 19.6. The van der Waals surface area contributed by atoms with Crippen molar-refractivity contribution in [1.29, 1.82) is 0 Å². The molecule has 1 atom stereocenters. The van der Waals surface area contributed by atoms with Crippen LogP contribution in [0.5, 0.6) is 11.5 Å². The minimum absolute atomic E-state index is 0.143. The molecule has 0 amide bonds. The molecule has 0 spiro atoms. The molecule has 0 radical (unpaired) electrons. The van der Waals surface area contributed by atoms with Gasteiger partial charge >= 0.3 is 0 Å². The van der Waals surface area contributed by atoms with E-state index in [1.54, 1.807) is 6.07 Å². The molecular formula is C21H20O3. The number of hydrogen-bond acceptors (Lipinski definition) is 3. The van der Waals surface area contributed by atoms with Crippen LogP contribution in [0.2, 0.25) is 0 Å². The Morgan fingerprint density at radius 3 is 2.54 bits per heavy atom. The predicted molar refractivity (Wildman–Crippen MR) is 95.3 cm³/mol. The van der Waals surface area contributed by atoms with E-state index in [0.717, 1.165) is 53.5 Å². The normalized spacial score (nSPS) is 17.8. The molecule has 1 fully saturated rings. The van der Waals surface area contributed by atoms with Crippen molar-refractivity contribution in [2.24, 2.45) is 0 Å². The summed E-state index contributed by atoms with van der Waals surface area (Å²) in [4.78, 5) is 0. The second kappa shape index (κ2) is 6.54. The average Bonchev–Trinajstić information content (AvgIpc) is 2.63. The van der Waals surface area contributed by atoms with Crippen LogP contribution >= 0.6 is 0 Å². The quantitative estimate of drug-likeness (QED) is 0.728. The third-order valence-corrected chi connectivity index (χ3v) is 4.46. The summed E-state index contributed by atoms with van der Waals surface area (Å²) >= 11 is 0. The van der Waals surface area contributed by atoms with Crippen molar-refractivity contribution in [3.05, 3.63) is 60.7 Å². The van der Waals surface area contributed by atoms with Gasteiger partial charge in [-0.05, 0) is 47.4 Å². The van der Waals surface area contributed by atoms with E-state index in [2.05, 4.69) is 6.07 Å². The summed E-state index contributed by atoms with van der Waals surface area (Å²) in [7, 11) is 0. The maximum atomic E-state index is 10.3. The van der Waals surface area contributed by atoms with Crippen LogP contribution in [0, 0.1) is 0 Å².